The van der Waals surface area contributed by atoms with Gasteiger partial charge in [0.15, 0.2) is 29.9 Å². The van der Waals surface area contributed by atoms with Gasteiger partial charge in [-0.2, -0.15) is 0 Å². The number of nitrogens with two attached hydrogens (primary N) is 2. The van der Waals surface area contributed by atoms with Gasteiger partial charge in [-0.15, -0.1) is 0 Å². The van der Waals surface area contributed by atoms with Crippen LogP contribution < -0.4 is 21.3 Å². The fourth-order valence-electron chi connectivity index (χ4n) is 8.81. The highest BCUT2D eigenvalue weighted by Gasteiger charge is 2.37. The van der Waals surface area contributed by atoms with Crippen molar-refractivity contribution in [1.82, 2.24) is 19.9 Å². The van der Waals surface area contributed by atoms with Crippen LogP contribution in [0.5, 0.6) is 0 Å². The standard InChI is InChI=1S/2C24H26N4O3S2/c2*1-14-23(33(30,31)13-15-6-7-15)32-24(26-14)28(2)22(29)19-10-16-8-9-17(11-18(16)12-19)20-4-3-5-21(25)27-20/h2*3-5,8-9,11,15,19H,6-7,10,12-13H2,1-2H3,(H2,25,27)/t2*19-/m10/s1. The number of nitrogen functional groups attached to an aromatic ring is 2. The smallest absolute Gasteiger partial charge is 0.232 e. The van der Waals surface area contributed by atoms with Gasteiger partial charge in [-0.1, -0.05) is 59.1 Å². The Kier molecular flexibility index (Phi) is 12.4. The average molecular weight is 965 g/mol. The summed E-state index contributed by atoms with van der Waals surface area (Å²) in [5.74, 6) is 1.33. The second kappa shape index (κ2) is 17.9. The van der Waals surface area contributed by atoms with E-state index in [1.165, 1.54) is 9.80 Å². The highest BCUT2D eigenvalue weighted by atomic mass is 32.2. The van der Waals surface area contributed by atoms with Gasteiger partial charge in [0.2, 0.25) is 11.8 Å². The predicted octanol–water partition coefficient (Wildman–Crippen LogP) is 7.31. The number of hydrogen-bond acceptors (Lipinski definition) is 14. The van der Waals surface area contributed by atoms with Crippen molar-refractivity contribution < 1.29 is 26.4 Å². The van der Waals surface area contributed by atoms with Crippen LogP contribution in [0.25, 0.3) is 22.5 Å². The van der Waals surface area contributed by atoms with Crippen LogP contribution >= 0.6 is 22.7 Å². The highest BCUT2D eigenvalue weighted by molar-refractivity contribution is 7.94. The Morgan fingerprint density at radius 3 is 1.32 bits per heavy atom. The number of sulfone groups is 2. The van der Waals surface area contributed by atoms with Gasteiger partial charge in [0.25, 0.3) is 0 Å². The summed E-state index contributed by atoms with van der Waals surface area (Å²) in [5.41, 5.74) is 20.7. The van der Waals surface area contributed by atoms with Gasteiger partial charge in [0.1, 0.15) is 20.1 Å². The number of pyridine rings is 2. The minimum atomic E-state index is -3.36. The molecular weight excluding hydrogens is 913 g/mol. The van der Waals surface area contributed by atoms with Crippen molar-refractivity contribution in [1.29, 1.82) is 0 Å². The lowest BCUT2D eigenvalue weighted by Gasteiger charge is -2.18. The summed E-state index contributed by atoms with van der Waals surface area (Å²) in [5, 5.41) is 0.875. The number of nitrogens with zero attached hydrogens (tertiary/aromatic N) is 6. The number of amides is 2. The summed E-state index contributed by atoms with van der Waals surface area (Å²) in [7, 11) is -3.35. The van der Waals surface area contributed by atoms with Crippen molar-refractivity contribution in [3.63, 3.8) is 0 Å². The lowest BCUT2D eigenvalue weighted by Crippen LogP contribution is -2.33. The monoisotopic (exact) mass is 964 g/mol. The Bertz CT molecular complexity index is 2900. The Morgan fingerprint density at radius 2 is 0.955 bits per heavy atom. The first kappa shape index (κ1) is 45.6. The van der Waals surface area contributed by atoms with Gasteiger partial charge in [0, 0.05) is 37.1 Å². The molecule has 66 heavy (non-hydrogen) atoms. The second-order valence-corrected chi connectivity index (χ2v) is 24.5. The van der Waals surface area contributed by atoms with Crippen LogP contribution in [0.15, 0.2) is 81.2 Å². The lowest BCUT2D eigenvalue weighted by molar-refractivity contribution is -0.122. The zero-order chi connectivity index (χ0) is 46.7. The van der Waals surface area contributed by atoms with Crippen LogP contribution in [0.2, 0.25) is 0 Å². The molecule has 4 aliphatic rings. The van der Waals surface area contributed by atoms with Gasteiger partial charge < -0.3 is 11.5 Å². The third kappa shape index (κ3) is 9.78. The largest absolute Gasteiger partial charge is 0.384 e. The third-order valence-corrected chi connectivity index (χ3v) is 20.3. The Balaban J connectivity index is 0.000000166. The van der Waals surface area contributed by atoms with E-state index in [9.17, 15) is 26.4 Å². The van der Waals surface area contributed by atoms with Gasteiger partial charge in [-0.3, -0.25) is 19.4 Å². The van der Waals surface area contributed by atoms with Crippen LogP contribution in [0.1, 0.15) is 59.3 Å². The SMILES string of the molecule is Cc1nc(N(C)C(=O)[C@@H]2Cc3ccc(-c4cccc(N)n4)cc3C2)sc1S(=O)(=O)CC1CC1.Cc1nc(N(C)C(=O)[C@H]2Cc3ccc(-c4cccc(N)n4)cc3C2)sc1S(=O)(=O)CC1CC1. The van der Waals surface area contributed by atoms with Gasteiger partial charge >= 0.3 is 0 Å². The van der Waals surface area contributed by atoms with Crippen molar-refractivity contribution >= 4 is 76.1 Å². The molecule has 4 aliphatic carbocycles. The van der Waals surface area contributed by atoms with Crippen molar-refractivity contribution in [3.05, 3.63) is 106 Å². The molecule has 4 aromatic heterocycles. The molecule has 0 saturated heterocycles. The van der Waals surface area contributed by atoms with Crippen molar-refractivity contribution in [2.45, 2.75) is 73.6 Å². The van der Waals surface area contributed by atoms with E-state index in [-0.39, 0.29) is 55.4 Å². The number of rotatable bonds is 12. The number of anilines is 4. The molecule has 10 rings (SSSR count). The molecule has 0 radical (unpaired) electrons. The van der Waals surface area contributed by atoms with E-state index >= 15 is 0 Å². The van der Waals surface area contributed by atoms with Crippen LogP contribution in [0.3, 0.4) is 0 Å². The average Bonchev–Trinajstić information content (AvgIpc) is 4.05. The molecule has 4 N–H and O–H groups in total. The van der Waals surface area contributed by atoms with Gasteiger partial charge in [-0.05, 0) is 136 Å². The summed E-state index contributed by atoms with van der Waals surface area (Å²) in [6.07, 6.45) is 6.46. The highest BCUT2D eigenvalue weighted by Crippen LogP contribution is 2.40. The number of carbonyl (C=O) groups is 2. The van der Waals surface area contributed by atoms with E-state index in [0.29, 0.717) is 59.0 Å². The minimum Gasteiger partial charge on any atom is -0.384 e. The molecule has 4 heterocycles. The molecule has 2 fully saturated rings. The van der Waals surface area contributed by atoms with E-state index < -0.39 is 19.7 Å². The van der Waals surface area contributed by atoms with E-state index in [4.69, 9.17) is 11.5 Å². The van der Waals surface area contributed by atoms with Gasteiger partial charge in [0.05, 0.1) is 34.3 Å². The number of aryl methyl sites for hydroxylation is 2. The Hall–Kier alpha value is -5.56. The Labute approximate surface area is 393 Å². The van der Waals surface area contributed by atoms with E-state index in [2.05, 4.69) is 44.2 Å². The molecule has 0 aliphatic heterocycles. The van der Waals surface area contributed by atoms with Crippen LogP contribution in [0.4, 0.5) is 21.9 Å². The maximum Gasteiger partial charge on any atom is 0.232 e. The fourth-order valence-corrected chi connectivity index (χ4v) is 15.4. The quantitative estimate of drug-likeness (QED) is 0.124. The summed E-state index contributed by atoms with van der Waals surface area (Å²) >= 11 is 2.20. The lowest BCUT2D eigenvalue weighted by atomic mass is 10.0. The summed E-state index contributed by atoms with van der Waals surface area (Å²) in [4.78, 5) is 47.3. The number of hydrogen-bond donors (Lipinski definition) is 2. The van der Waals surface area contributed by atoms with Crippen molar-refractivity contribution in [3.8, 4) is 22.5 Å². The molecule has 18 heteroatoms. The number of thiazole rings is 2. The molecule has 0 bridgehead atoms. The maximum absolute atomic E-state index is 13.3. The molecule has 2 atom stereocenters. The zero-order valence-electron chi connectivity index (χ0n) is 37.2. The topological polar surface area (TPSA) is 212 Å². The predicted molar refractivity (Wildman–Crippen MR) is 260 cm³/mol. The van der Waals surface area contributed by atoms with Gasteiger partial charge in [-0.25, -0.2) is 36.8 Å². The first-order valence-electron chi connectivity index (χ1n) is 22.1. The summed E-state index contributed by atoms with van der Waals surface area (Å²) < 4.78 is 51.5. The number of aromatic nitrogens is 4. The molecule has 6 aromatic rings. The normalized spacial score (nSPS) is 17.7. The molecule has 2 saturated carbocycles. The first-order valence-corrected chi connectivity index (χ1v) is 27.0. The first-order chi connectivity index (χ1) is 31.4. The van der Waals surface area contributed by atoms with Crippen LogP contribution in [-0.4, -0.2) is 74.2 Å². The van der Waals surface area contributed by atoms with Crippen LogP contribution in [0, 0.1) is 37.5 Å². The molecular formula is C48H52N8O6S4. The molecule has 0 spiro atoms. The number of carbonyl (C=O) groups excluding carboxylic acids is 2. The Morgan fingerprint density at radius 1 is 0.576 bits per heavy atom. The minimum absolute atomic E-state index is 0.0466. The van der Waals surface area contributed by atoms with E-state index in [0.717, 1.165) is 93.1 Å². The molecule has 0 unspecified atom stereocenters. The fraction of sp³-hybridized carbons (Fsp3) is 0.375. The zero-order valence-corrected chi connectivity index (χ0v) is 40.5. The molecule has 2 amide bonds. The third-order valence-electron chi connectivity index (χ3n) is 12.7. The van der Waals surface area contributed by atoms with Crippen molar-refractivity contribution in [2.75, 3.05) is 46.9 Å². The molecule has 2 aromatic carbocycles. The van der Waals surface area contributed by atoms with Crippen molar-refractivity contribution in [2.24, 2.45) is 23.7 Å². The number of fused-ring (bicyclic) bond motifs is 2. The number of benzene rings is 2. The van der Waals surface area contributed by atoms with E-state index in [1.807, 2.05) is 36.4 Å². The summed E-state index contributed by atoms with van der Waals surface area (Å²) in [6, 6.07) is 23.4. The molecule has 14 nitrogen and oxygen atoms in total. The summed E-state index contributed by atoms with van der Waals surface area (Å²) in [6.45, 7) is 3.41. The maximum atomic E-state index is 13.3. The van der Waals surface area contributed by atoms with E-state index in [1.54, 1.807) is 40.1 Å². The molecule has 344 valence electrons. The second-order valence-electron chi connectivity index (χ2n) is 18.1. The van der Waals surface area contributed by atoms with Crippen LogP contribution in [-0.2, 0) is 54.9 Å².